The zero-order chi connectivity index (χ0) is 11.3. The van der Waals surface area contributed by atoms with Gasteiger partial charge in [-0.3, -0.25) is 0 Å². The molecule has 1 aliphatic carbocycles. The van der Waals surface area contributed by atoms with Crippen LogP contribution < -0.4 is 5.32 Å². The van der Waals surface area contributed by atoms with E-state index in [1.807, 2.05) is 6.20 Å². The predicted octanol–water partition coefficient (Wildman–Crippen LogP) is 2.77. The molecule has 0 spiro atoms. The molecule has 2 heterocycles. The average molecular weight is 219 g/mol. The van der Waals surface area contributed by atoms with Gasteiger partial charge in [0.05, 0.1) is 11.7 Å². The van der Waals surface area contributed by atoms with Crippen LogP contribution in [-0.4, -0.2) is 15.8 Å². The molecule has 0 bridgehead atoms. The molecule has 1 atom stereocenters. The molecule has 16 heavy (non-hydrogen) atoms. The summed E-state index contributed by atoms with van der Waals surface area (Å²) in [6, 6.07) is 0.699. The fraction of sp³-hybridized carbons (Fsp3) is 0.769. The Balaban J connectivity index is 1.91. The summed E-state index contributed by atoms with van der Waals surface area (Å²) in [6.07, 6.45) is 7.34. The first-order valence-electron chi connectivity index (χ1n) is 6.39. The second kappa shape index (κ2) is 3.25. The number of hydrogen-bond donors (Lipinski definition) is 1. The van der Waals surface area contributed by atoms with Gasteiger partial charge in [0.25, 0.3) is 0 Å². The lowest BCUT2D eigenvalue weighted by Crippen LogP contribution is -2.32. The first-order valence-corrected chi connectivity index (χ1v) is 6.39. The van der Waals surface area contributed by atoms with Gasteiger partial charge in [-0.05, 0) is 52.4 Å². The zero-order valence-electron chi connectivity index (χ0n) is 10.5. The molecule has 0 unspecified atom stereocenters. The van der Waals surface area contributed by atoms with Crippen LogP contribution in [0.4, 0.5) is 5.82 Å². The lowest BCUT2D eigenvalue weighted by Gasteiger charge is -2.29. The van der Waals surface area contributed by atoms with Crippen molar-refractivity contribution < 1.29 is 0 Å². The van der Waals surface area contributed by atoms with Crippen molar-refractivity contribution in [2.75, 3.05) is 5.32 Å². The molecule has 3 nitrogen and oxygen atoms in total. The van der Waals surface area contributed by atoms with Gasteiger partial charge in [0.1, 0.15) is 5.82 Å². The number of nitrogens with one attached hydrogen (secondary N) is 1. The quantitative estimate of drug-likeness (QED) is 0.787. The van der Waals surface area contributed by atoms with E-state index in [9.17, 15) is 0 Å². The van der Waals surface area contributed by atoms with Crippen molar-refractivity contribution in [2.24, 2.45) is 5.92 Å². The number of anilines is 1. The van der Waals surface area contributed by atoms with Gasteiger partial charge in [0, 0.05) is 11.6 Å². The van der Waals surface area contributed by atoms with Gasteiger partial charge in [-0.1, -0.05) is 0 Å². The van der Waals surface area contributed by atoms with E-state index in [1.54, 1.807) is 0 Å². The highest BCUT2D eigenvalue weighted by Crippen LogP contribution is 2.40. The molecule has 1 fully saturated rings. The van der Waals surface area contributed by atoms with Gasteiger partial charge in [-0.15, -0.1) is 0 Å². The zero-order valence-corrected chi connectivity index (χ0v) is 10.5. The maximum Gasteiger partial charge on any atom is 0.128 e. The van der Waals surface area contributed by atoms with Crippen LogP contribution in [0, 0.1) is 5.92 Å². The highest BCUT2D eigenvalue weighted by Gasteiger charge is 2.35. The largest absolute Gasteiger partial charge is 0.367 e. The van der Waals surface area contributed by atoms with Crippen LogP contribution in [0.25, 0.3) is 0 Å². The third kappa shape index (κ3) is 1.62. The minimum atomic E-state index is 0.0754. The normalized spacial score (nSPS) is 25.1. The van der Waals surface area contributed by atoms with Crippen LogP contribution >= 0.6 is 0 Å². The summed E-state index contributed by atoms with van der Waals surface area (Å²) in [7, 11) is 0. The minimum Gasteiger partial charge on any atom is -0.367 e. The van der Waals surface area contributed by atoms with Crippen molar-refractivity contribution in [1.29, 1.82) is 0 Å². The van der Waals surface area contributed by atoms with Crippen LogP contribution in [0.1, 0.15) is 45.6 Å². The van der Waals surface area contributed by atoms with Gasteiger partial charge in [0.2, 0.25) is 0 Å². The molecule has 1 aromatic heterocycles. The highest BCUT2D eigenvalue weighted by molar-refractivity contribution is 5.48. The monoisotopic (exact) mass is 219 g/mol. The van der Waals surface area contributed by atoms with E-state index in [4.69, 9.17) is 0 Å². The van der Waals surface area contributed by atoms with Gasteiger partial charge in [-0.25, -0.2) is 4.68 Å². The maximum atomic E-state index is 4.54. The third-order valence-corrected chi connectivity index (χ3v) is 3.72. The SMILES string of the molecule is CC(C)(C)n1ncc2c1N[C@@H](C1CC1)CC2. The molecule has 1 N–H and O–H groups in total. The number of rotatable bonds is 1. The summed E-state index contributed by atoms with van der Waals surface area (Å²) in [4.78, 5) is 0. The second-order valence-electron chi connectivity index (χ2n) is 6.23. The van der Waals surface area contributed by atoms with Gasteiger partial charge < -0.3 is 5.32 Å². The Hall–Kier alpha value is -0.990. The minimum absolute atomic E-state index is 0.0754. The smallest absolute Gasteiger partial charge is 0.128 e. The molecule has 3 rings (SSSR count). The van der Waals surface area contributed by atoms with Crippen molar-refractivity contribution >= 4 is 5.82 Å². The first kappa shape index (κ1) is 10.2. The Bertz CT molecular complexity index is 396. The Morgan fingerprint density at radius 3 is 2.69 bits per heavy atom. The van der Waals surface area contributed by atoms with Crippen molar-refractivity contribution in [3.63, 3.8) is 0 Å². The van der Waals surface area contributed by atoms with Crippen LogP contribution in [0.5, 0.6) is 0 Å². The van der Waals surface area contributed by atoms with Gasteiger partial charge >= 0.3 is 0 Å². The molecular formula is C13H21N3. The summed E-state index contributed by atoms with van der Waals surface area (Å²) in [5.41, 5.74) is 1.47. The summed E-state index contributed by atoms with van der Waals surface area (Å²) in [5, 5.41) is 8.25. The number of nitrogens with zero attached hydrogens (tertiary/aromatic N) is 2. The van der Waals surface area contributed by atoms with Crippen molar-refractivity contribution in [3.05, 3.63) is 11.8 Å². The summed E-state index contributed by atoms with van der Waals surface area (Å²) < 4.78 is 2.15. The van der Waals surface area contributed by atoms with Gasteiger partial charge in [-0.2, -0.15) is 5.10 Å². The topological polar surface area (TPSA) is 29.9 Å². The van der Waals surface area contributed by atoms with Gasteiger partial charge in [0.15, 0.2) is 0 Å². The maximum absolute atomic E-state index is 4.54. The Morgan fingerprint density at radius 2 is 2.06 bits per heavy atom. The third-order valence-electron chi connectivity index (χ3n) is 3.72. The van der Waals surface area contributed by atoms with Crippen molar-refractivity contribution in [1.82, 2.24) is 9.78 Å². The summed E-state index contributed by atoms with van der Waals surface area (Å²) in [5.74, 6) is 2.20. The summed E-state index contributed by atoms with van der Waals surface area (Å²) >= 11 is 0. The van der Waals surface area contributed by atoms with Crippen molar-refractivity contribution in [3.8, 4) is 0 Å². The van der Waals surface area contributed by atoms with E-state index < -0.39 is 0 Å². The highest BCUT2D eigenvalue weighted by atomic mass is 15.4. The number of hydrogen-bond acceptors (Lipinski definition) is 2. The summed E-state index contributed by atoms with van der Waals surface area (Å²) in [6.45, 7) is 6.63. The molecule has 0 amide bonds. The standard InChI is InChI=1S/C13H21N3/c1-13(2,3)16-12-10(8-14-16)6-7-11(15-12)9-4-5-9/h8-9,11,15H,4-7H2,1-3H3/t11-/m1/s1. The van der Waals surface area contributed by atoms with Crippen molar-refractivity contribution in [2.45, 2.75) is 58.0 Å². The molecule has 0 saturated heterocycles. The fourth-order valence-corrected chi connectivity index (χ4v) is 2.64. The van der Waals surface area contributed by atoms with E-state index in [0.29, 0.717) is 6.04 Å². The molecule has 2 aliphatic rings. The molecule has 1 aromatic rings. The molecular weight excluding hydrogens is 198 g/mol. The predicted molar refractivity (Wildman–Crippen MR) is 65.7 cm³/mol. The second-order valence-corrected chi connectivity index (χ2v) is 6.23. The molecule has 3 heteroatoms. The molecule has 0 radical (unpaired) electrons. The van der Waals surface area contributed by atoms with Crippen LogP contribution in [0.3, 0.4) is 0 Å². The Kier molecular flexibility index (Phi) is 2.07. The fourth-order valence-electron chi connectivity index (χ4n) is 2.64. The van der Waals surface area contributed by atoms with E-state index in [-0.39, 0.29) is 5.54 Å². The van der Waals surface area contributed by atoms with E-state index in [2.05, 4.69) is 35.9 Å². The molecule has 1 saturated carbocycles. The first-order chi connectivity index (χ1) is 7.55. The van der Waals surface area contributed by atoms with E-state index in [1.165, 1.54) is 37.1 Å². The number of fused-ring (bicyclic) bond motifs is 1. The van der Waals surface area contributed by atoms with Crippen LogP contribution in [-0.2, 0) is 12.0 Å². The molecule has 1 aliphatic heterocycles. The molecule has 0 aromatic carbocycles. The number of aryl methyl sites for hydroxylation is 1. The lowest BCUT2D eigenvalue weighted by molar-refractivity contribution is 0.357. The Labute approximate surface area is 97.2 Å². The Morgan fingerprint density at radius 1 is 1.31 bits per heavy atom. The van der Waals surface area contributed by atoms with E-state index in [0.717, 1.165) is 5.92 Å². The average Bonchev–Trinajstić information content (AvgIpc) is 2.95. The van der Waals surface area contributed by atoms with Crippen LogP contribution in [0.15, 0.2) is 6.20 Å². The lowest BCUT2D eigenvalue weighted by atomic mass is 9.98. The van der Waals surface area contributed by atoms with Crippen LogP contribution in [0.2, 0.25) is 0 Å². The number of aromatic nitrogens is 2. The molecule has 88 valence electrons. The van der Waals surface area contributed by atoms with E-state index >= 15 is 0 Å².